The van der Waals surface area contributed by atoms with Gasteiger partial charge in [0.25, 0.3) is 0 Å². The van der Waals surface area contributed by atoms with Gasteiger partial charge in [0.2, 0.25) is 0 Å². The van der Waals surface area contributed by atoms with Crippen molar-refractivity contribution < 1.29 is 18.7 Å². The number of benzene rings is 2. The Morgan fingerprint density at radius 3 is 2.41 bits per heavy atom. The van der Waals surface area contributed by atoms with E-state index < -0.39 is 23.8 Å². The minimum Gasteiger partial charge on any atom is -0.465 e. The van der Waals surface area contributed by atoms with Crippen LogP contribution in [0.2, 0.25) is 0 Å². The summed E-state index contributed by atoms with van der Waals surface area (Å²) in [6, 6.07) is 13.0. The lowest BCUT2D eigenvalue weighted by Crippen LogP contribution is -2.15. The number of rotatable bonds is 5. The molecule has 138 valence electrons. The quantitative estimate of drug-likeness (QED) is 0.623. The van der Waals surface area contributed by atoms with Crippen LogP contribution in [-0.2, 0) is 6.42 Å². The van der Waals surface area contributed by atoms with Crippen LogP contribution < -0.4 is 11.1 Å². The molecule has 1 amide bonds. The number of pyridine rings is 1. The van der Waals surface area contributed by atoms with Crippen molar-refractivity contribution in [3.63, 3.8) is 0 Å². The lowest BCUT2D eigenvalue weighted by Gasteiger charge is -2.15. The maximum Gasteiger partial charge on any atom is 0.409 e. The third-order valence-corrected chi connectivity index (χ3v) is 4.06. The zero-order valence-electron chi connectivity index (χ0n) is 14.2. The molecule has 0 radical (unpaired) electrons. The average Bonchev–Trinajstić information content (AvgIpc) is 2.61. The van der Waals surface area contributed by atoms with Gasteiger partial charge < -0.3 is 10.8 Å². The van der Waals surface area contributed by atoms with Crippen molar-refractivity contribution in [1.82, 2.24) is 4.98 Å². The minimum absolute atomic E-state index is 0.286. The molecule has 1 atom stereocenters. The molecule has 0 saturated carbocycles. The molecule has 3 rings (SSSR count). The highest BCUT2D eigenvalue weighted by Crippen LogP contribution is 2.27. The molecule has 4 N–H and O–H groups in total. The molecule has 2 aromatic carbocycles. The number of aromatic nitrogens is 1. The number of anilines is 1. The highest BCUT2D eigenvalue weighted by molar-refractivity contribution is 5.83. The van der Waals surface area contributed by atoms with E-state index in [2.05, 4.69) is 10.3 Å². The Labute approximate surface area is 154 Å². The summed E-state index contributed by atoms with van der Waals surface area (Å²) < 4.78 is 26.9. The number of nitrogens with zero attached hydrogens (tertiary/aromatic N) is 1. The average molecular weight is 369 g/mol. The highest BCUT2D eigenvalue weighted by Gasteiger charge is 2.14. The lowest BCUT2D eigenvalue weighted by molar-refractivity contribution is 0.209. The predicted molar refractivity (Wildman–Crippen MR) is 98.3 cm³/mol. The second-order valence-corrected chi connectivity index (χ2v) is 6.02. The minimum atomic E-state index is -1.14. The van der Waals surface area contributed by atoms with Gasteiger partial charge in [-0.2, -0.15) is 0 Å². The van der Waals surface area contributed by atoms with Gasteiger partial charge in [-0.05, 0) is 41.5 Å². The standard InChI is InChI=1S/C20H17F2N3O2/c21-14-8-13(9-15(22)10-14)18(23)11-19-17(2-1-7-24-19)12-3-5-16(6-4-12)25-20(26)27/h1-10,18,25H,11,23H2,(H,26,27). The Balaban J connectivity index is 1.86. The zero-order valence-corrected chi connectivity index (χ0v) is 14.2. The highest BCUT2D eigenvalue weighted by atomic mass is 19.1. The molecule has 1 unspecified atom stereocenters. The van der Waals surface area contributed by atoms with Crippen LogP contribution in [0.4, 0.5) is 19.3 Å². The van der Waals surface area contributed by atoms with Crippen LogP contribution in [0.15, 0.2) is 60.8 Å². The summed E-state index contributed by atoms with van der Waals surface area (Å²) in [5, 5.41) is 11.0. The van der Waals surface area contributed by atoms with Crippen molar-refractivity contribution in [3.05, 3.63) is 83.7 Å². The zero-order chi connectivity index (χ0) is 19.4. The molecular weight excluding hydrogens is 352 g/mol. The van der Waals surface area contributed by atoms with Gasteiger partial charge in [0, 0.05) is 36.0 Å². The topological polar surface area (TPSA) is 88.2 Å². The van der Waals surface area contributed by atoms with E-state index in [1.807, 2.05) is 6.07 Å². The van der Waals surface area contributed by atoms with Crippen molar-refractivity contribution in [3.8, 4) is 11.1 Å². The van der Waals surface area contributed by atoms with E-state index in [9.17, 15) is 13.6 Å². The fraction of sp³-hybridized carbons (Fsp3) is 0.100. The molecule has 7 heteroatoms. The monoisotopic (exact) mass is 369 g/mol. The van der Waals surface area contributed by atoms with Crippen molar-refractivity contribution in [1.29, 1.82) is 0 Å². The summed E-state index contributed by atoms with van der Waals surface area (Å²) in [6.45, 7) is 0. The van der Waals surface area contributed by atoms with Gasteiger partial charge in [-0.1, -0.05) is 18.2 Å². The molecule has 0 aliphatic heterocycles. The van der Waals surface area contributed by atoms with Crippen LogP contribution >= 0.6 is 0 Å². The number of nitrogens with two attached hydrogens (primary N) is 1. The molecule has 27 heavy (non-hydrogen) atoms. The van der Waals surface area contributed by atoms with Crippen LogP contribution in [0.5, 0.6) is 0 Å². The van der Waals surface area contributed by atoms with Crippen molar-refractivity contribution in [2.75, 3.05) is 5.32 Å². The Morgan fingerprint density at radius 2 is 1.78 bits per heavy atom. The van der Waals surface area contributed by atoms with Crippen LogP contribution in [0.1, 0.15) is 17.3 Å². The van der Waals surface area contributed by atoms with E-state index in [0.29, 0.717) is 16.9 Å². The molecule has 1 heterocycles. The van der Waals surface area contributed by atoms with E-state index in [0.717, 1.165) is 17.2 Å². The molecule has 5 nitrogen and oxygen atoms in total. The van der Waals surface area contributed by atoms with Crippen molar-refractivity contribution in [2.45, 2.75) is 12.5 Å². The Morgan fingerprint density at radius 1 is 1.11 bits per heavy atom. The molecule has 0 saturated heterocycles. The van der Waals surface area contributed by atoms with Gasteiger partial charge in [0.05, 0.1) is 5.69 Å². The number of hydrogen-bond acceptors (Lipinski definition) is 3. The first-order valence-electron chi connectivity index (χ1n) is 8.18. The number of halogens is 2. The van der Waals surface area contributed by atoms with Crippen LogP contribution in [0.3, 0.4) is 0 Å². The number of carboxylic acid groups (broad SMARTS) is 1. The molecule has 0 spiro atoms. The van der Waals surface area contributed by atoms with Crippen LogP contribution in [0, 0.1) is 11.6 Å². The maximum absolute atomic E-state index is 13.4. The second kappa shape index (κ2) is 7.92. The fourth-order valence-corrected chi connectivity index (χ4v) is 2.84. The molecule has 0 fully saturated rings. The molecule has 0 bridgehead atoms. The van der Waals surface area contributed by atoms with Gasteiger partial charge in [0.15, 0.2) is 0 Å². The van der Waals surface area contributed by atoms with Gasteiger partial charge >= 0.3 is 6.09 Å². The molecule has 3 aromatic rings. The number of nitrogens with one attached hydrogen (secondary N) is 1. The number of carbonyl (C=O) groups is 1. The third kappa shape index (κ3) is 4.65. The number of amides is 1. The Kier molecular flexibility index (Phi) is 5.42. The first kappa shape index (κ1) is 18.5. The van der Waals surface area contributed by atoms with E-state index in [-0.39, 0.29) is 6.42 Å². The summed E-state index contributed by atoms with van der Waals surface area (Å²) in [5.41, 5.74) is 9.25. The normalized spacial score (nSPS) is 11.8. The molecular formula is C20H17F2N3O2. The molecule has 0 aliphatic carbocycles. The van der Waals surface area contributed by atoms with E-state index >= 15 is 0 Å². The molecule has 0 aliphatic rings. The summed E-state index contributed by atoms with van der Waals surface area (Å²) in [7, 11) is 0. The first-order chi connectivity index (χ1) is 12.9. The smallest absolute Gasteiger partial charge is 0.409 e. The second-order valence-electron chi connectivity index (χ2n) is 6.02. The van der Waals surface area contributed by atoms with Crippen LogP contribution in [0.25, 0.3) is 11.1 Å². The van der Waals surface area contributed by atoms with Gasteiger partial charge in [0.1, 0.15) is 11.6 Å². The SMILES string of the molecule is NC(Cc1ncccc1-c1ccc(NC(=O)O)cc1)c1cc(F)cc(F)c1. The summed E-state index contributed by atoms with van der Waals surface area (Å²) in [4.78, 5) is 15.1. The molecule has 1 aromatic heterocycles. The lowest BCUT2D eigenvalue weighted by atomic mass is 9.96. The van der Waals surface area contributed by atoms with E-state index in [1.165, 1.54) is 12.1 Å². The summed E-state index contributed by atoms with van der Waals surface area (Å²) >= 11 is 0. The fourth-order valence-electron chi connectivity index (χ4n) is 2.84. The van der Waals surface area contributed by atoms with E-state index in [1.54, 1.807) is 36.5 Å². The maximum atomic E-state index is 13.4. The first-order valence-corrected chi connectivity index (χ1v) is 8.18. The summed E-state index contributed by atoms with van der Waals surface area (Å²) in [5.74, 6) is -1.36. The van der Waals surface area contributed by atoms with E-state index in [4.69, 9.17) is 10.8 Å². The largest absolute Gasteiger partial charge is 0.465 e. The summed E-state index contributed by atoms with van der Waals surface area (Å²) in [6.07, 6.45) is 0.768. The Bertz CT molecular complexity index is 941. The van der Waals surface area contributed by atoms with Gasteiger partial charge in [-0.15, -0.1) is 0 Å². The Hall–Kier alpha value is -3.32. The number of hydrogen-bond donors (Lipinski definition) is 3. The predicted octanol–water partition coefficient (Wildman–Crippen LogP) is 4.36. The third-order valence-electron chi connectivity index (χ3n) is 4.06. The van der Waals surface area contributed by atoms with Crippen molar-refractivity contribution >= 4 is 11.8 Å². The van der Waals surface area contributed by atoms with Gasteiger partial charge in [-0.25, -0.2) is 13.6 Å². The van der Waals surface area contributed by atoms with Crippen molar-refractivity contribution in [2.24, 2.45) is 5.73 Å². The van der Waals surface area contributed by atoms with Gasteiger partial charge in [-0.3, -0.25) is 10.3 Å². The van der Waals surface area contributed by atoms with Crippen LogP contribution in [-0.4, -0.2) is 16.2 Å².